The molecule has 0 aliphatic carbocycles. The molecule has 0 aliphatic rings. The molecule has 3 aromatic rings. The van der Waals surface area contributed by atoms with Gasteiger partial charge in [-0.25, -0.2) is 4.39 Å². The number of hydrogen-bond donors (Lipinski definition) is 1. The van der Waals surface area contributed by atoms with E-state index in [0.29, 0.717) is 17.8 Å². The average molecular weight is 452 g/mol. The van der Waals surface area contributed by atoms with Gasteiger partial charge in [-0.3, -0.25) is 9.59 Å². The van der Waals surface area contributed by atoms with E-state index in [9.17, 15) is 14.0 Å². The Morgan fingerprint density at radius 3 is 2.39 bits per heavy atom. The Bertz CT molecular complexity index is 1110. The van der Waals surface area contributed by atoms with Gasteiger partial charge in [0.15, 0.2) is 5.76 Å². The summed E-state index contributed by atoms with van der Waals surface area (Å²) < 4.78 is 19.0. The van der Waals surface area contributed by atoms with Crippen molar-refractivity contribution in [3.8, 4) is 0 Å². The molecular weight excluding hydrogens is 421 g/mol. The maximum absolute atomic E-state index is 13.8. The van der Waals surface area contributed by atoms with E-state index in [-0.39, 0.29) is 29.5 Å². The molecule has 6 nitrogen and oxygen atoms in total. The number of carbonyl (C=O) groups excluding carboxylic acids is 2. The molecule has 2 aromatic carbocycles. The molecule has 0 spiro atoms. The van der Waals surface area contributed by atoms with Crippen molar-refractivity contribution in [1.82, 2.24) is 4.90 Å². The highest BCUT2D eigenvalue weighted by Gasteiger charge is 2.26. The van der Waals surface area contributed by atoms with E-state index >= 15 is 0 Å². The third-order valence-electron chi connectivity index (χ3n) is 5.69. The van der Waals surface area contributed by atoms with Gasteiger partial charge in [-0.2, -0.15) is 0 Å². The fraction of sp³-hybridized carbons (Fsp3) is 0.308. The average Bonchev–Trinajstić information content (AvgIpc) is 3.31. The first-order valence-corrected chi connectivity index (χ1v) is 10.9. The maximum Gasteiger partial charge on any atom is 0.291 e. The van der Waals surface area contributed by atoms with Crippen LogP contribution >= 0.6 is 0 Å². The number of halogens is 1. The first-order valence-electron chi connectivity index (χ1n) is 10.9. The molecule has 3 rings (SSSR count). The summed E-state index contributed by atoms with van der Waals surface area (Å²) in [5, 5.41) is 2.84. The predicted molar refractivity (Wildman–Crippen MR) is 128 cm³/mol. The van der Waals surface area contributed by atoms with Crippen molar-refractivity contribution in [3.63, 3.8) is 0 Å². The van der Waals surface area contributed by atoms with Crippen LogP contribution in [0.4, 0.5) is 15.8 Å². The predicted octanol–water partition coefficient (Wildman–Crippen LogP) is 5.42. The van der Waals surface area contributed by atoms with Gasteiger partial charge in [0.05, 0.1) is 6.26 Å². The van der Waals surface area contributed by atoms with Crippen LogP contribution in [-0.4, -0.2) is 36.9 Å². The largest absolute Gasteiger partial charge is 0.459 e. The Morgan fingerprint density at radius 2 is 1.79 bits per heavy atom. The third-order valence-corrected chi connectivity index (χ3v) is 5.69. The van der Waals surface area contributed by atoms with Crippen LogP contribution in [-0.2, 0) is 6.54 Å². The zero-order valence-corrected chi connectivity index (χ0v) is 19.6. The van der Waals surface area contributed by atoms with E-state index in [1.807, 2.05) is 58.0 Å². The molecule has 0 saturated carbocycles. The highest BCUT2D eigenvalue weighted by atomic mass is 19.1. The number of carbonyl (C=O) groups is 2. The molecule has 2 amide bonds. The summed E-state index contributed by atoms with van der Waals surface area (Å²) in [5.74, 6) is -0.649. The summed E-state index contributed by atoms with van der Waals surface area (Å²) >= 11 is 0. The van der Waals surface area contributed by atoms with Gasteiger partial charge in [-0.15, -0.1) is 0 Å². The van der Waals surface area contributed by atoms with E-state index in [0.717, 1.165) is 11.3 Å². The second-order valence-corrected chi connectivity index (χ2v) is 8.60. The number of hydrogen-bond acceptors (Lipinski definition) is 4. The van der Waals surface area contributed by atoms with Crippen molar-refractivity contribution in [3.05, 3.63) is 83.6 Å². The maximum atomic E-state index is 13.8. The zero-order chi connectivity index (χ0) is 24.1. The summed E-state index contributed by atoms with van der Waals surface area (Å²) in [6.07, 6.45) is 1.44. The van der Waals surface area contributed by atoms with Crippen LogP contribution in [0.3, 0.4) is 0 Å². The monoisotopic (exact) mass is 451 g/mol. The van der Waals surface area contributed by atoms with E-state index in [4.69, 9.17) is 4.42 Å². The molecule has 1 heterocycles. The molecule has 0 aliphatic heterocycles. The summed E-state index contributed by atoms with van der Waals surface area (Å²) in [6, 6.07) is 14.5. The number of nitrogens with zero attached hydrogens (tertiary/aromatic N) is 2. The molecule has 1 unspecified atom stereocenters. The van der Waals surface area contributed by atoms with Crippen molar-refractivity contribution in [2.75, 3.05) is 24.3 Å². The van der Waals surface area contributed by atoms with Crippen LogP contribution in [0.1, 0.15) is 47.2 Å². The van der Waals surface area contributed by atoms with Gasteiger partial charge in [0, 0.05) is 43.6 Å². The van der Waals surface area contributed by atoms with Crippen molar-refractivity contribution in [1.29, 1.82) is 0 Å². The lowest BCUT2D eigenvalue weighted by molar-refractivity contribution is 0.0627. The lowest BCUT2D eigenvalue weighted by atomic mass is 10.0. The summed E-state index contributed by atoms with van der Waals surface area (Å²) in [5.41, 5.74) is 2.66. The molecule has 33 heavy (non-hydrogen) atoms. The molecule has 0 bridgehead atoms. The van der Waals surface area contributed by atoms with E-state index in [1.54, 1.807) is 23.1 Å². The minimum atomic E-state index is -0.449. The number of amides is 2. The summed E-state index contributed by atoms with van der Waals surface area (Å²) in [6.45, 7) is 6.37. The lowest BCUT2D eigenvalue weighted by Gasteiger charge is -2.33. The van der Waals surface area contributed by atoms with Crippen molar-refractivity contribution in [2.45, 2.75) is 33.4 Å². The Balaban J connectivity index is 1.96. The second-order valence-electron chi connectivity index (χ2n) is 8.60. The van der Waals surface area contributed by atoms with Gasteiger partial charge < -0.3 is 19.5 Å². The van der Waals surface area contributed by atoms with E-state index in [1.165, 1.54) is 24.5 Å². The van der Waals surface area contributed by atoms with E-state index in [2.05, 4.69) is 5.32 Å². The Kier molecular flexibility index (Phi) is 7.53. The molecular formula is C26H30FN3O3. The number of anilines is 2. The van der Waals surface area contributed by atoms with Crippen LogP contribution in [0.15, 0.2) is 65.3 Å². The Morgan fingerprint density at radius 1 is 1.03 bits per heavy atom. The van der Waals surface area contributed by atoms with Crippen LogP contribution < -0.4 is 10.2 Å². The molecule has 0 radical (unpaired) electrons. The summed E-state index contributed by atoms with van der Waals surface area (Å²) in [7, 11) is 3.84. The molecule has 1 aromatic heterocycles. The lowest BCUT2D eigenvalue weighted by Crippen LogP contribution is -2.41. The smallest absolute Gasteiger partial charge is 0.291 e. The first kappa shape index (κ1) is 24.0. The van der Waals surface area contributed by atoms with Crippen LogP contribution in [0.5, 0.6) is 0 Å². The highest BCUT2D eigenvalue weighted by molar-refractivity contribution is 6.02. The first-order chi connectivity index (χ1) is 15.7. The van der Waals surface area contributed by atoms with Gasteiger partial charge in [0.2, 0.25) is 0 Å². The van der Waals surface area contributed by atoms with Crippen molar-refractivity contribution < 1.29 is 18.4 Å². The minimum absolute atomic E-state index is 0.0999. The quantitative estimate of drug-likeness (QED) is 0.496. The third kappa shape index (κ3) is 5.80. The Labute approximate surface area is 194 Å². The standard InChI is InChI=1S/C26H30FN3O3/c1-17(2)18(3)30(26(32)19-8-6-9-21(27)14-19)16-20-15-22(11-12-23(20)29(4)5)28-25(31)24-10-7-13-33-24/h6-15,17-18H,16H2,1-5H3,(H,28,31). The fourth-order valence-electron chi connectivity index (χ4n) is 3.56. The zero-order valence-electron chi connectivity index (χ0n) is 19.6. The van der Waals surface area contributed by atoms with E-state index < -0.39 is 5.82 Å². The van der Waals surface area contributed by atoms with Crippen LogP contribution in [0.2, 0.25) is 0 Å². The number of furan rings is 1. The van der Waals surface area contributed by atoms with Gasteiger partial charge in [0.25, 0.3) is 11.8 Å². The molecule has 0 fully saturated rings. The SMILES string of the molecule is CC(C)C(C)N(Cc1cc(NC(=O)c2ccco2)ccc1N(C)C)C(=O)c1cccc(F)c1. The number of benzene rings is 2. The molecule has 7 heteroatoms. The summed E-state index contributed by atoms with van der Waals surface area (Å²) in [4.78, 5) is 29.6. The van der Waals surface area contributed by atoms with Crippen molar-refractivity contribution in [2.24, 2.45) is 5.92 Å². The normalized spacial score (nSPS) is 11.8. The number of nitrogens with one attached hydrogen (secondary N) is 1. The van der Waals surface area contributed by atoms with Gasteiger partial charge in [-0.1, -0.05) is 19.9 Å². The molecule has 174 valence electrons. The Hall–Kier alpha value is -3.61. The number of rotatable bonds is 8. The van der Waals surface area contributed by atoms with Crippen LogP contribution in [0.25, 0.3) is 0 Å². The van der Waals surface area contributed by atoms with Crippen LogP contribution in [0, 0.1) is 11.7 Å². The van der Waals surface area contributed by atoms with Gasteiger partial charge in [0.1, 0.15) is 5.82 Å². The minimum Gasteiger partial charge on any atom is -0.459 e. The van der Waals surface area contributed by atoms with Crippen molar-refractivity contribution >= 4 is 23.2 Å². The van der Waals surface area contributed by atoms with Gasteiger partial charge >= 0.3 is 0 Å². The molecule has 0 saturated heterocycles. The highest BCUT2D eigenvalue weighted by Crippen LogP contribution is 2.27. The topological polar surface area (TPSA) is 65.8 Å². The second kappa shape index (κ2) is 10.3. The van der Waals surface area contributed by atoms with Gasteiger partial charge in [-0.05, 0) is 66.9 Å². The molecule has 1 N–H and O–H groups in total. The fourth-order valence-corrected chi connectivity index (χ4v) is 3.56. The molecule has 1 atom stereocenters.